The number of hydrogen-bond acceptors (Lipinski definition) is 4. The first-order valence-electron chi connectivity index (χ1n) is 10.5. The fraction of sp³-hybridized carbons (Fsp3) is 0.261. The first-order chi connectivity index (χ1) is 15.8. The molecule has 33 heavy (non-hydrogen) atoms. The Morgan fingerprint density at radius 1 is 1.12 bits per heavy atom. The quantitative estimate of drug-likeness (QED) is 0.445. The summed E-state index contributed by atoms with van der Waals surface area (Å²) in [6, 6.07) is 12.1. The normalized spacial score (nSPS) is 13.9. The summed E-state index contributed by atoms with van der Waals surface area (Å²) in [5.41, 5.74) is 2.32. The molecule has 1 aliphatic carbocycles. The summed E-state index contributed by atoms with van der Waals surface area (Å²) in [7, 11) is 1.81. The van der Waals surface area contributed by atoms with Gasteiger partial charge in [-0.3, -0.25) is 13.9 Å². The molecule has 3 aromatic heterocycles. The number of halogens is 3. The van der Waals surface area contributed by atoms with E-state index in [-0.39, 0.29) is 11.6 Å². The van der Waals surface area contributed by atoms with Gasteiger partial charge in [-0.25, -0.2) is 4.98 Å². The number of alkyl halides is 3. The van der Waals surface area contributed by atoms with Gasteiger partial charge >= 0.3 is 6.18 Å². The van der Waals surface area contributed by atoms with E-state index < -0.39 is 11.9 Å². The predicted molar refractivity (Wildman–Crippen MR) is 116 cm³/mol. The van der Waals surface area contributed by atoms with Crippen LogP contribution < -0.4 is 10.6 Å². The Labute approximate surface area is 187 Å². The molecule has 1 aromatic carbocycles. The van der Waals surface area contributed by atoms with Gasteiger partial charge in [0.2, 0.25) is 0 Å². The number of amides is 1. The van der Waals surface area contributed by atoms with Crippen LogP contribution in [0.15, 0.2) is 54.9 Å². The van der Waals surface area contributed by atoms with Gasteiger partial charge in [0.15, 0.2) is 5.69 Å². The summed E-state index contributed by atoms with van der Waals surface area (Å²) < 4.78 is 42.0. The van der Waals surface area contributed by atoms with E-state index in [0.29, 0.717) is 29.5 Å². The lowest BCUT2D eigenvalue weighted by Crippen LogP contribution is -2.23. The topological polar surface area (TPSA) is 76.2 Å². The van der Waals surface area contributed by atoms with Gasteiger partial charge in [0.25, 0.3) is 5.91 Å². The highest BCUT2D eigenvalue weighted by atomic mass is 19.4. The number of carbonyl (C=O) groups is 1. The first kappa shape index (κ1) is 21.0. The number of aryl methyl sites for hydroxylation is 1. The van der Waals surface area contributed by atoms with Gasteiger partial charge in [0, 0.05) is 37.6 Å². The second kappa shape index (κ2) is 7.95. The number of aromatic nitrogens is 4. The molecular formula is C23H21F3N6O. The Bertz CT molecular complexity index is 1320. The van der Waals surface area contributed by atoms with E-state index in [9.17, 15) is 18.0 Å². The van der Waals surface area contributed by atoms with E-state index in [1.807, 2.05) is 31.3 Å². The number of fused-ring (bicyclic) bond motifs is 1. The molecule has 0 spiro atoms. The molecule has 4 aromatic rings. The van der Waals surface area contributed by atoms with E-state index in [1.165, 1.54) is 10.5 Å². The summed E-state index contributed by atoms with van der Waals surface area (Å²) in [5.74, 6) is 0.685. The number of benzene rings is 1. The fourth-order valence-corrected chi connectivity index (χ4v) is 3.72. The van der Waals surface area contributed by atoms with Crippen molar-refractivity contribution in [3.05, 3.63) is 77.4 Å². The molecule has 5 rings (SSSR count). The molecule has 0 aliphatic heterocycles. The zero-order valence-electron chi connectivity index (χ0n) is 17.7. The van der Waals surface area contributed by atoms with Crippen molar-refractivity contribution in [2.45, 2.75) is 31.5 Å². The Kier molecular flexibility index (Phi) is 5.07. The summed E-state index contributed by atoms with van der Waals surface area (Å²) in [5, 5.41) is 10.5. The molecule has 0 atom stereocenters. The number of anilines is 2. The minimum atomic E-state index is -4.51. The number of nitrogens with one attached hydrogen (secondary N) is 2. The van der Waals surface area contributed by atoms with Gasteiger partial charge in [-0.15, -0.1) is 0 Å². The van der Waals surface area contributed by atoms with Crippen LogP contribution in [0.1, 0.15) is 46.1 Å². The van der Waals surface area contributed by atoms with Crippen LogP contribution >= 0.6 is 0 Å². The zero-order chi connectivity index (χ0) is 23.2. The highest BCUT2D eigenvalue weighted by molar-refractivity contribution is 5.95. The van der Waals surface area contributed by atoms with Gasteiger partial charge in [-0.1, -0.05) is 18.2 Å². The third-order valence-corrected chi connectivity index (χ3v) is 5.53. The van der Waals surface area contributed by atoms with Crippen LogP contribution in [0.2, 0.25) is 0 Å². The average molecular weight is 454 g/mol. The van der Waals surface area contributed by atoms with Crippen LogP contribution in [0, 0.1) is 0 Å². The standard InChI is InChI=1S/C23H21F3N6O/c1-31-12-17(21(30-31)15-7-8-15)22(33)27-11-14-5-9-16(10-6-14)28-19-3-2-4-20-29-18(13-32(19)20)23(24,25)26/h2-6,9-10,12-13,15,28H,7-8,11H2,1H3,(H,27,33). The lowest BCUT2D eigenvalue weighted by atomic mass is 10.1. The first-order valence-corrected chi connectivity index (χ1v) is 10.5. The van der Waals surface area contributed by atoms with Crippen LogP contribution in [0.3, 0.4) is 0 Å². The van der Waals surface area contributed by atoms with Gasteiger partial charge in [-0.05, 0) is 42.7 Å². The fourth-order valence-electron chi connectivity index (χ4n) is 3.72. The number of hydrogen-bond donors (Lipinski definition) is 2. The monoisotopic (exact) mass is 454 g/mol. The number of carbonyl (C=O) groups excluding carboxylic acids is 1. The number of rotatable bonds is 6. The smallest absolute Gasteiger partial charge is 0.348 e. The lowest BCUT2D eigenvalue weighted by molar-refractivity contribution is -0.140. The van der Waals surface area contributed by atoms with Gasteiger partial charge in [0.1, 0.15) is 11.5 Å². The van der Waals surface area contributed by atoms with Crippen molar-refractivity contribution < 1.29 is 18.0 Å². The number of imidazole rings is 1. The van der Waals surface area contributed by atoms with Crippen LogP contribution in [0.4, 0.5) is 24.7 Å². The van der Waals surface area contributed by atoms with Crippen molar-refractivity contribution in [1.82, 2.24) is 24.5 Å². The highest BCUT2D eigenvalue weighted by Gasteiger charge is 2.34. The largest absolute Gasteiger partial charge is 0.434 e. The second-order valence-corrected chi connectivity index (χ2v) is 8.14. The maximum absolute atomic E-state index is 13.0. The molecule has 1 fully saturated rings. The maximum atomic E-state index is 13.0. The third kappa shape index (κ3) is 4.41. The number of pyridine rings is 1. The maximum Gasteiger partial charge on any atom is 0.434 e. The lowest BCUT2D eigenvalue weighted by Gasteiger charge is -2.10. The van der Waals surface area contributed by atoms with E-state index in [4.69, 9.17) is 0 Å². The molecule has 0 bridgehead atoms. The van der Waals surface area contributed by atoms with Gasteiger partial charge in [-0.2, -0.15) is 18.3 Å². The molecule has 3 heterocycles. The predicted octanol–water partition coefficient (Wildman–Crippen LogP) is 4.64. The Morgan fingerprint density at radius 2 is 1.88 bits per heavy atom. The molecule has 0 radical (unpaired) electrons. The van der Waals surface area contributed by atoms with Crippen LogP contribution in [-0.4, -0.2) is 25.1 Å². The van der Waals surface area contributed by atoms with E-state index in [2.05, 4.69) is 20.7 Å². The molecule has 7 nitrogen and oxygen atoms in total. The summed E-state index contributed by atoms with van der Waals surface area (Å²) in [4.78, 5) is 16.3. The average Bonchev–Trinajstić information content (AvgIpc) is 3.39. The van der Waals surface area contributed by atoms with Crippen molar-refractivity contribution in [1.29, 1.82) is 0 Å². The Hall–Kier alpha value is -3.82. The minimum Gasteiger partial charge on any atom is -0.348 e. The molecule has 0 saturated heterocycles. The summed E-state index contributed by atoms with van der Waals surface area (Å²) in [6.45, 7) is 0.351. The van der Waals surface area contributed by atoms with E-state index in [0.717, 1.165) is 30.3 Å². The SMILES string of the molecule is Cn1cc(C(=O)NCc2ccc(Nc3cccc4nc(C(F)(F)F)cn34)cc2)c(C2CC2)n1. The second-order valence-electron chi connectivity index (χ2n) is 8.14. The summed E-state index contributed by atoms with van der Waals surface area (Å²) >= 11 is 0. The van der Waals surface area contributed by atoms with Crippen molar-refractivity contribution in [2.24, 2.45) is 7.05 Å². The molecular weight excluding hydrogens is 433 g/mol. The molecule has 1 aliphatic rings. The molecule has 170 valence electrons. The van der Waals surface area contributed by atoms with Crippen LogP contribution in [-0.2, 0) is 19.8 Å². The number of nitrogens with zero attached hydrogens (tertiary/aromatic N) is 4. The van der Waals surface area contributed by atoms with Crippen molar-refractivity contribution in [3.8, 4) is 0 Å². The third-order valence-electron chi connectivity index (χ3n) is 5.53. The zero-order valence-corrected chi connectivity index (χ0v) is 17.7. The van der Waals surface area contributed by atoms with Gasteiger partial charge in [0.05, 0.1) is 11.3 Å². The molecule has 10 heteroatoms. The van der Waals surface area contributed by atoms with Crippen LogP contribution in [0.5, 0.6) is 0 Å². The van der Waals surface area contributed by atoms with E-state index >= 15 is 0 Å². The van der Waals surface area contributed by atoms with Crippen LogP contribution in [0.25, 0.3) is 5.65 Å². The van der Waals surface area contributed by atoms with Crippen molar-refractivity contribution in [3.63, 3.8) is 0 Å². The molecule has 0 unspecified atom stereocenters. The Balaban J connectivity index is 1.26. The summed E-state index contributed by atoms with van der Waals surface area (Å²) in [6.07, 6.45) is 0.337. The highest BCUT2D eigenvalue weighted by Crippen LogP contribution is 2.40. The van der Waals surface area contributed by atoms with Gasteiger partial charge < -0.3 is 10.6 Å². The molecule has 1 amide bonds. The molecule has 1 saturated carbocycles. The van der Waals surface area contributed by atoms with E-state index in [1.54, 1.807) is 23.0 Å². The minimum absolute atomic E-state index is 0.153. The Morgan fingerprint density at radius 3 is 2.58 bits per heavy atom. The molecule has 2 N–H and O–H groups in total. The van der Waals surface area contributed by atoms with Crippen molar-refractivity contribution in [2.75, 3.05) is 5.32 Å². The van der Waals surface area contributed by atoms with Crippen molar-refractivity contribution >= 4 is 23.1 Å².